The van der Waals surface area contributed by atoms with E-state index in [-0.39, 0.29) is 12.4 Å². The Kier molecular flexibility index (Phi) is 4.74. The molecule has 1 N–H and O–H groups in total. The zero-order valence-electron chi connectivity index (χ0n) is 9.10. The maximum Gasteiger partial charge on any atom is 0.413 e. The van der Waals surface area contributed by atoms with Crippen LogP contribution in [0.5, 0.6) is 0 Å². The normalized spacial score (nSPS) is 9.47. The molecule has 0 aromatic carbocycles. The van der Waals surface area contributed by atoms with Gasteiger partial charge in [0.05, 0.1) is 12.9 Å². The first-order chi connectivity index (χ1) is 8.13. The first-order valence-corrected chi connectivity index (χ1v) is 4.80. The monoisotopic (exact) mass is 241 g/mol. The van der Waals surface area contributed by atoms with Gasteiger partial charge in [0.1, 0.15) is 0 Å². The van der Waals surface area contributed by atoms with Gasteiger partial charge in [-0.25, -0.2) is 9.59 Å². The molecule has 0 spiro atoms. The summed E-state index contributed by atoms with van der Waals surface area (Å²) < 4.78 is 13.8. The molecule has 1 aromatic rings. The molecule has 1 aromatic heterocycles. The summed E-state index contributed by atoms with van der Waals surface area (Å²) in [4.78, 5) is 33.1. The maximum absolute atomic E-state index is 11.2. The van der Waals surface area contributed by atoms with E-state index in [0.29, 0.717) is 0 Å². The Hall–Kier alpha value is -2.31. The first kappa shape index (κ1) is 12.8. The average Bonchev–Trinajstić information content (AvgIpc) is 2.79. The molecule has 0 unspecified atom stereocenters. The zero-order chi connectivity index (χ0) is 12.7. The van der Waals surface area contributed by atoms with Crippen LogP contribution in [0.2, 0.25) is 0 Å². The number of ether oxygens (including phenoxy) is 2. The second-order valence-corrected chi connectivity index (χ2v) is 2.82. The smallest absolute Gasteiger partial charge is 0.413 e. The van der Waals surface area contributed by atoms with Crippen LogP contribution in [0, 0.1) is 0 Å². The van der Waals surface area contributed by atoms with Crippen molar-refractivity contribution >= 4 is 18.0 Å². The van der Waals surface area contributed by atoms with Gasteiger partial charge in [-0.3, -0.25) is 10.1 Å². The molecule has 0 atom stereocenters. The highest BCUT2D eigenvalue weighted by Gasteiger charge is 2.14. The fourth-order valence-electron chi connectivity index (χ4n) is 0.914. The summed E-state index contributed by atoms with van der Waals surface area (Å²) in [5.41, 5.74) is 0. The van der Waals surface area contributed by atoms with Crippen LogP contribution >= 0.6 is 0 Å². The third-order valence-corrected chi connectivity index (χ3v) is 1.57. The Morgan fingerprint density at radius 1 is 1.35 bits per heavy atom. The Labute approximate surface area is 96.7 Å². The van der Waals surface area contributed by atoms with Gasteiger partial charge < -0.3 is 13.9 Å². The second-order valence-electron chi connectivity index (χ2n) is 2.82. The molecular formula is C10H11NO6. The highest BCUT2D eigenvalue weighted by atomic mass is 16.6. The van der Waals surface area contributed by atoms with Crippen molar-refractivity contribution in [2.45, 2.75) is 6.92 Å². The van der Waals surface area contributed by atoms with Crippen molar-refractivity contribution in [3.05, 3.63) is 24.2 Å². The minimum Gasteiger partial charge on any atom is -0.457 e. The summed E-state index contributed by atoms with van der Waals surface area (Å²) in [6.45, 7) is 1.16. The predicted octanol–water partition coefficient (Wildman–Crippen LogP) is 0.709. The minimum atomic E-state index is -0.883. The minimum absolute atomic E-state index is 0.0195. The molecular weight excluding hydrogens is 230 g/mol. The van der Waals surface area contributed by atoms with Gasteiger partial charge in [0.2, 0.25) is 5.76 Å². The number of carbonyl (C=O) groups excluding carboxylic acids is 3. The zero-order valence-corrected chi connectivity index (χ0v) is 9.10. The molecule has 2 amide bonds. The number of rotatable bonds is 4. The first-order valence-electron chi connectivity index (χ1n) is 4.80. The fourth-order valence-corrected chi connectivity index (χ4v) is 0.914. The van der Waals surface area contributed by atoms with Gasteiger partial charge in [-0.1, -0.05) is 0 Å². The number of amides is 2. The summed E-state index contributed by atoms with van der Waals surface area (Å²) >= 11 is 0. The summed E-state index contributed by atoms with van der Waals surface area (Å²) in [5, 5.41) is 1.87. The van der Waals surface area contributed by atoms with Gasteiger partial charge in [0.25, 0.3) is 5.91 Å². The number of carbonyl (C=O) groups is 3. The van der Waals surface area contributed by atoms with E-state index in [9.17, 15) is 14.4 Å². The molecule has 1 rings (SSSR count). The SMILES string of the molecule is CCOC(=O)NC(=O)COC(=O)c1ccco1. The highest BCUT2D eigenvalue weighted by Crippen LogP contribution is 2.01. The molecule has 0 bridgehead atoms. The van der Waals surface area contributed by atoms with E-state index >= 15 is 0 Å². The van der Waals surface area contributed by atoms with Crippen LogP contribution in [-0.2, 0) is 14.3 Å². The number of nitrogens with one attached hydrogen (secondary N) is 1. The van der Waals surface area contributed by atoms with E-state index in [0.717, 1.165) is 0 Å². The third kappa shape index (κ3) is 4.37. The van der Waals surface area contributed by atoms with E-state index in [2.05, 4.69) is 9.47 Å². The van der Waals surface area contributed by atoms with Gasteiger partial charge in [0.15, 0.2) is 6.61 Å². The molecule has 92 valence electrons. The lowest BCUT2D eigenvalue weighted by Crippen LogP contribution is -2.34. The molecule has 0 aliphatic heterocycles. The molecule has 7 nitrogen and oxygen atoms in total. The van der Waals surface area contributed by atoms with Crippen molar-refractivity contribution in [3.63, 3.8) is 0 Å². The molecule has 0 radical (unpaired) electrons. The van der Waals surface area contributed by atoms with Crippen LogP contribution in [-0.4, -0.2) is 31.2 Å². The van der Waals surface area contributed by atoms with Crippen LogP contribution in [0.4, 0.5) is 4.79 Å². The molecule has 0 saturated heterocycles. The van der Waals surface area contributed by atoms with Crippen molar-refractivity contribution < 1.29 is 28.3 Å². The fraction of sp³-hybridized carbons (Fsp3) is 0.300. The van der Waals surface area contributed by atoms with Crippen LogP contribution in [0.25, 0.3) is 0 Å². The molecule has 1 heterocycles. The average molecular weight is 241 g/mol. The van der Waals surface area contributed by atoms with E-state index in [1.165, 1.54) is 18.4 Å². The maximum atomic E-state index is 11.2. The standard InChI is InChI=1S/C10H11NO6/c1-2-15-10(14)11-8(12)6-17-9(13)7-4-3-5-16-7/h3-5H,2,6H2,1H3,(H,11,12,14). The van der Waals surface area contributed by atoms with Crippen molar-refractivity contribution in [1.82, 2.24) is 5.32 Å². The molecule has 0 saturated carbocycles. The Bertz CT molecular complexity index is 397. The highest BCUT2D eigenvalue weighted by molar-refractivity contribution is 5.94. The number of furan rings is 1. The van der Waals surface area contributed by atoms with Crippen LogP contribution in [0.15, 0.2) is 22.8 Å². The lowest BCUT2D eigenvalue weighted by atomic mass is 10.4. The summed E-state index contributed by atoms with van der Waals surface area (Å²) in [6.07, 6.45) is 0.418. The van der Waals surface area contributed by atoms with E-state index in [1.807, 2.05) is 5.32 Å². The van der Waals surface area contributed by atoms with Crippen LogP contribution < -0.4 is 5.32 Å². The topological polar surface area (TPSA) is 94.8 Å². The number of hydrogen-bond donors (Lipinski definition) is 1. The lowest BCUT2D eigenvalue weighted by Gasteiger charge is -2.04. The Morgan fingerprint density at radius 3 is 2.71 bits per heavy atom. The van der Waals surface area contributed by atoms with Crippen molar-refractivity contribution in [1.29, 1.82) is 0 Å². The Balaban J connectivity index is 2.29. The van der Waals surface area contributed by atoms with Crippen molar-refractivity contribution in [3.8, 4) is 0 Å². The van der Waals surface area contributed by atoms with Crippen molar-refractivity contribution in [2.75, 3.05) is 13.2 Å². The second kappa shape index (κ2) is 6.31. The summed E-state index contributed by atoms with van der Waals surface area (Å²) in [5.74, 6) is -1.58. The molecule has 7 heteroatoms. The van der Waals surface area contributed by atoms with Gasteiger partial charge in [-0.05, 0) is 19.1 Å². The number of imide groups is 1. The Morgan fingerprint density at radius 2 is 2.12 bits per heavy atom. The summed E-state index contributed by atoms with van der Waals surface area (Å²) in [6, 6.07) is 2.90. The van der Waals surface area contributed by atoms with E-state index < -0.39 is 24.6 Å². The predicted molar refractivity (Wildman–Crippen MR) is 54.2 cm³/mol. The third-order valence-electron chi connectivity index (χ3n) is 1.57. The van der Waals surface area contributed by atoms with Crippen LogP contribution in [0.1, 0.15) is 17.5 Å². The van der Waals surface area contributed by atoms with E-state index in [1.54, 1.807) is 6.92 Å². The van der Waals surface area contributed by atoms with Gasteiger partial charge in [-0.2, -0.15) is 0 Å². The number of alkyl carbamates (subject to hydrolysis) is 1. The van der Waals surface area contributed by atoms with Crippen molar-refractivity contribution in [2.24, 2.45) is 0 Å². The number of hydrogen-bond acceptors (Lipinski definition) is 6. The quantitative estimate of drug-likeness (QED) is 0.780. The lowest BCUT2D eigenvalue weighted by molar-refractivity contribution is -0.123. The molecule has 0 fully saturated rings. The van der Waals surface area contributed by atoms with Gasteiger partial charge in [0, 0.05) is 0 Å². The van der Waals surface area contributed by atoms with Gasteiger partial charge >= 0.3 is 12.1 Å². The van der Waals surface area contributed by atoms with E-state index in [4.69, 9.17) is 4.42 Å². The molecule has 17 heavy (non-hydrogen) atoms. The molecule has 0 aliphatic carbocycles. The van der Waals surface area contributed by atoms with Gasteiger partial charge in [-0.15, -0.1) is 0 Å². The largest absolute Gasteiger partial charge is 0.457 e. The summed E-state index contributed by atoms with van der Waals surface area (Å²) in [7, 11) is 0. The molecule has 0 aliphatic rings. The number of esters is 1. The van der Waals surface area contributed by atoms with Crippen LogP contribution in [0.3, 0.4) is 0 Å².